The molecule has 0 aliphatic carbocycles. The number of benzene rings is 1. The summed E-state index contributed by atoms with van der Waals surface area (Å²) in [7, 11) is 3.77. The van der Waals surface area contributed by atoms with Gasteiger partial charge >= 0.3 is 5.82 Å². The molecule has 0 radical (unpaired) electrons. The molecule has 7 nitrogen and oxygen atoms in total. The van der Waals surface area contributed by atoms with E-state index in [4.69, 9.17) is 4.98 Å². The first-order valence-electron chi connectivity index (χ1n) is 8.77. The SMILES string of the molecule is CN(C)c1ccc(CNc2cc(-c3ccccc3)nc3c(Br)cnn23)c[n+]1O. The smallest absolute Gasteiger partial charge is 0.315 e. The predicted molar refractivity (Wildman–Crippen MR) is 112 cm³/mol. The summed E-state index contributed by atoms with van der Waals surface area (Å²) in [5, 5.41) is 17.9. The third-order valence-electron chi connectivity index (χ3n) is 4.40. The summed E-state index contributed by atoms with van der Waals surface area (Å²) in [4.78, 5) is 6.57. The summed E-state index contributed by atoms with van der Waals surface area (Å²) in [6.45, 7) is 0.527. The summed E-state index contributed by atoms with van der Waals surface area (Å²) in [6, 6.07) is 15.9. The van der Waals surface area contributed by atoms with Crippen LogP contribution in [0.3, 0.4) is 0 Å². The number of halogens is 1. The summed E-state index contributed by atoms with van der Waals surface area (Å²) in [5.74, 6) is 1.52. The highest BCUT2D eigenvalue weighted by atomic mass is 79.9. The lowest BCUT2D eigenvalue weighted by atomic mass is 10.1. The van der Waals surface area contributed by atoms with Crippen molar-refractivity contribution in [3.8, 4) is 11.3 Å². The number of pyridine rings is 1. The highest BCUT2D eigenvalue weighted by Gasteiger charge is 2.14. The zero-order valence-electron chi connectivity index (χ0n) is 15.5. The Kier molecular flexibility index (Phi) is 4.87. The fraction of sp³-hybridized carbons (Fsp3) is 0.150. The molecule has 3 aromatic heterocycles. The van der Waals surface area contributed by atoms with Crippen LogP contribution in [0, 0.1) is 0 Å². The Labute approximate surface area is 171 Å². The predicted octanol–water partition coefficient (Wildman–Crippen LogP) is 3.36. The molecule has 28 heavy (non-hydrogen) atoms. The third-order valence-corrected chi connectivity index (χ3v) is 4.96. The molecule has 4 rings (SSSR count). The van der Waals surface area contributed by atoms with Crippen LogP contribution in [0.25, 0.3) is 16.9 Å². The van der Waals surface area contributed by atoms with Crippen LogP contribution >= 0.6 is 15.9 Å². The van der Waals surface area contributed by atoms with E-state index in [1.165, 1.54) is 0 Å². The van der Waals surface area contributed by atoms with Gasteiger partial charge < -0.3 is 10.5 Å². The molecule has 0 fully saturated rings. The van der Waals surface area contributed by atoms with Gasteiger partial charge in [-0.25, -0.2) is 4.98 Å². The van der Waals surface area contributed by atoms with Gasteiger partial charge in [0.25, 0.3) is 0 Å². The summed E-state index contributed by atoms with van der Waals surface area (Å²) in [5.41, 5.74) is 3.57. The molecule has 0 amide bonds. The van der Waals surface area contributed by atoms with Crippen molar-refractivity contribution in [3.05, 3.63) is 71.0 Å². The van der Waals surface area contributed by atoms with Crippen molar-refractivity contribution in [1.29, 1.82) is 0 Å². The largest absolute Gasteiger partial charge is 0.366 e. The van der Waals surface area contributed by atoms with Crippen molar-refractivity contribution in [2.45, 2.75) is 6.54 Å². The first kappa shape index (κ1) is 18.2. The maximum Gasteiger partial charge on any atom is 0.315 e. The lowest BCUT2D eigenvalue weighted by molar-refractivity contribution is -0.894. The molecule has 0 unspecified atom stereocenters. The number of aromatic nitrogens is 4. The van der Waals surface area contributed by atoms with Crippen molar-refractivity contribution in [2.75, 3.05) is 24.3 Å². The van der Waals surface area contributed by atoms with E-state index in [0.717, 1.165) is 37.5 Å². The number of nitrogens with zero attached hydrogens (tertiary/aromatic N) is 5. The van der Waals surface area contributed by atoms with Crippen molar-refractivity contribution in [3.63, 3.8) is 0 Å². The lowest BCUT2D eigenvalue weighted by Crippen LogP contribution is -2.37. The molecule has 1 aromatic carbocycles. The van der Waals surface area contributed by atoms with Crippen LogP contribution < -0.4 is 14.9 Å². The van der Waals surface area contributed by atoms with Gasteiger partial charge in [-0.3, -0.25) is 4.90 Å². The topological polar surface area (TPSA) is 69.6 Å². The first-order valence-corrected chi connectivity index (χ1v) is 9.57. The fourth-order valence-corrected chi connectivity index (χ4v) is 3.34. The van der Waals surface area contributed by atoms with E-state index in [9.17, 15) is 5.21 Å². The molecule has 0 atom stereocenters. The van der Waals surface area contributed by atoms with Gasteiger partial charge in [0.05, 0.1) is 30.5 Å². The number of hydrogen-bond donors (Lipinski definition) is 2. The number of fused-ring (bicyclic) bond motifs is 1. The summed E-state index contributed by atoms with van der Waals surface area (Å²) in [6.07, 6.45) is 3.42. The van der Waals surface area contributed by atoms with Crippen molar-refractivity contribution >= 4 is 33.2 Å². The Morgan fingerprint density at radius 2 is 1.96 bits per heavy atom. The summed E-state index contributed by atoms with van der Waals surface area (Å²) >= 11 is 3.52. The molecule has 0 bridgehead atoms. The zero-order chi connectivity index (χ0) is 19.7. The number of rotatable bonds is 5. The van der Waals surface area contributed by atoms with E-state index in [0.29, 0.717) is 12.4 Å². The second kappa shape index (κ2) is 7.47. The molecule has 0 aliphatic rings. The van der Waals surface area contributed by atoms with Gasteiger partial charge in [0.2, 0.25) is 0 Å². The van der Waals surface area contributed by atoms with Gasteiger partial charge in [-0.05, 0) is 22.0 Å². The van der Waals surface area contributed by atoms with Gasteiger partial charge in [-0.1, -0.05) is 35.1 Å². The van der Waals surface area contributed by atoms with E-state index in [1.54, 1.807) is 16.9 Å². The van der Waals surface area contributed by atoms with Crippen LogP contribution in [0.15, 0.2) is 65.4 Å². The normalized spacial score (nSPS) is 11.0. The highest BCUT2D eigenvalue weighted by Crippen LogP contribution is 2.26. The van der Waals surface area contributed by atoms with Crippen LogP contribution in [0.5, 0.6) is 0 Å². The van der Waals surface area contributed by atoms with E-state index in [2.05, 4.69) is 26.3 Å². The van der Waals surface area contributed by atoms with Gasteiger partial charge in [0, 0.05) is 29.8 Å². The van der Waals surface area contributed by atoms with Gasteiger partial charge in [-0.15, -0.1) is 0 Å². The van der Waals surface area contributed by atoms with Gasteiger partial charge in [-0.2, -0.15) is 9.61 Å². The molecule has 3 heterocycles. The molecule has 0 saturated heterocycles. The maximum atomic E-state index is 10.1. The molecule has 0 spiro atoms. The number of hydrogen-bond acceptors (Lipinski definition) is 5. The fourth-order valence-electron chi connectivity index (χ4n) is 2.99. The molecular formula is C20H20BrN6O+. The minimum absolute atomic E-state index is 0.527. The third kappa shape index (κ3) is 3.50. The molecule has 4 aromatic rings. The number of anilines is 2. The quantitative estimate of drug-likeness (QED) is 0.368. The van der Waals surface area contributed by atoms with Crippen LogP contribution in [-0.4, -0.2) is 33.9 Å². The summed E-state index contributed by atoms with van der Waals surface area (Å²) < 4.78 is 3.72. The monoisotopic (exact) mass is 439 g/mol. The highest BCUT2D eigenvalue weighted by molar-refractivity contribution is 9.10. The van der Waals surface area contributed by atoms with E-state index >= 15 is 0 Å². The average molecular weight is 440 g/mol. The van der Waals surface area contributed by atoms with Crippen LogP contribution in [0.4, 0.5) is 11.6 Å². The maximum absolute atomic E-state index is 10.1. The van der Waals surface area contributed by atoms with E-state index in [1.807, 2.05) is 67.5 Å². The minimum Gasteiger partial charge on any atom is -0.366 e. The van der Waals surface area contributed by atoms with Crippen LogP contribution in [-0.2, 0) is 6.54 Å². The Bertz CT molecular complexity index is 1130. The van der Waals surface area contributed by atoms with Crippen LogP contribution in [0.2, 0.25) is 0 Å². The van der Waals surface area contributed by atoms with Gasteiger partial charge in [0.15, 0.2) is 5.65 Å². The van der Waals surface area contributed by atoms with Crippen LogP contribution in [0.1, 0.15) is 5.56 Å². The van der Waals surface area contributed by atoms with Crippen molar-refractivity contribution in [2.24, 2.45) is 0 Å². The number of nitrogens with one attached hydrogen (secondary N) is 1. The first-order chi connectivity index (χ1) is 13.5. The Hall–Kier alpha value is -3.13. The van der Waals surface area contributed by atoms with Gasteiger partial charge in [0.1, 0.15) is 12.0 Å². The molecular weight excluding hydrogens is 420 g/mol. The molecule has 142 valence electrons. The molecule has 8 heteroatoms. The Morgan fingerprint density at radius 3 is 2.68 bits per heavy atom. The second-order valence-electron chi connectivity index (χ2n) is 6.61. The lowest BCUT2D eigenvalue weighted by Gasteiger charge is -2.12. The van der Waals surface area contributed by atoms with E-state index in [-0.39, 0.29) is 0 Å². The average Bonchev–Trinajstić information content (AvgIpc) is 3.07. The van der Waals surface area contributed by atoms with Crippen molar-refractivity contribution < 1.29 is 9.94 Å². The van der Waals surface area contributed by atoms with E-state index < -0.39 is 0 Å². The second-order valence-corrected chi connectivity index (χ2v) is 7.46. The molecule has 2 N–H and O–H groups in total. The Balaban J connectivity index is 1.67. The van der Waals surface area contributed by atoms with Crippen molar-refractivity contribution in [1.82, 2.24) is 14.6 Å². The standard InChI is InChI=1S/C20H20BrN6O/c1-25(2)19-9-8-14(13-26(19)28)11-22-18-10-17(15-6-4-3-5-7-15)24-20-16(21)12-23-27(18)20/h3-10,12-13,22,28H,11H2,1-2H3/q+1. The minimum atomic E-state index is 0.527. The molecule has 0 aliphatic heterocycles. The molecule has 0 saturated carbocycles. The Morgan fingerprint density at radius 1 is 1.18 bits per heavy atom. The zero-order valence-corrected chi connectivity index (χ0v) is 17.1.